The first kappa shape index (κ1) is 19.7. The first-order valence-electron chi connectivity index (χ1n) is 9.41. The maximum Gasteiger partial charge on any atom is 0.291 e. The normalized spacial score (nSPS) is 11.6. The van der Waals surface area contributed by atoms with Crippen LogP contribution in [0.5, 0.6) is 5.95 Å². The summed E-state index contributed by atoms with van der Waals surface area (Å²) >= 11 is 0. The third-order valence-corrected chi connectivity index (χ3v) is 4.66. The zero-order valence-electron chi connectivity index (χ0n) is 16.7. The molecule has 0 aliphatic carbocycles. The van der Waals surface area contributed by atoms with Crippen LogP contribution in [0.2, 0.25) is 0 Å². The molecule has 146 valence electrons. The largest absolute Gasteiger partial charge is 0.468 e. The molecule has 3 aromatic rings. The van der Waals surface area contributed by atoms with Crippen LogP contribution in [-0.2, 0) is 12.8 Å². The van der Waals surface area contributed by atoms with E-state index in [2.05, 4.69) is 30.1 Å². The highest BCUT2D eigenvalue weighted by molar-refractivity contribution is 5.57. The fraction of sp³-hybridized carbons (Fsp3) is 0.304. The van der Waals surface area contributed by atoms with E-state index >= 15 is 0 Å². The highest BCUT2D eigenvalue weighted by Gasteiger charge is 2.20. The van der Waals surface area contributed by atoms with Gasteiger partial charge in [-0.3, -0.25) is 4.79 Å². The lowest BCUT2D eigenvalue weighted by Crippen LogP contribution is -2.14. The molecule has 0 radical (unpaired) electrons. The summed E-state index contributed by atoms with van der Waals surface area (Å²) in [7, 11) is 1.48. The van der Waals surface area contributed by atoms with Gasteiger partial charge in [0.2, 0.25) is 0 Å². The summed E-state index contributed by atoms with van der Waals surface area (Å²) in [6.07, 6.45) is 5.74. The number of aromatic nitrogens is 1. The van der Waals surface area contributed by atoms with Crippen molar-refractivity contribution in [1.82, 2.24) is 4.98 Å². The Kier molecular flexibility index (Phi) is 6.14. The molecule has 2 heterocycles. The van der Waals surface area contributed by atoms with Crippen molar-refractivity contribution < 1.29 is 13.6 Å². The van der Waals surface area contributed by atoms with Crippen molar-refractivity contribution >= 4 is 6.08 Å². The van der Waals surface area contributed by atoms with Crippen LogP contribution in [0.1, 0.15) is 42.8 Å². The van der Waals surface area contributed by atoms with E-state index in [9.17, 15) is 4.79 Å². The minimum Gasteiger partial charge on any atom is -0.468 e. The molecule has 0 atom stereocenters. The van der Waals surface area contributed by atoms with Gasteiger partial charge in [0.05, 0.1) is 12.7 Å². The average molecular weight is 379 g/mol. The van der Waals surface area contributed by atoms with Crippen LogP contribution in [0.3, 0.4) is 0 Å². The second-order valence-corrected chi connectivity index (χ2v) is 6.74. The average Bonchev–Trinajstić information content (AvgIpc) is 3.18. The number of allylic oxidation sites excluding steroid dienone is 1. The van der Waals surface area contributed by atoms with Gasteiger partial charge in [-0.2, -0.15) is 0 Å². The number of methoxy groups -OCH3 is 1. The molecule has 0 amide bonds. The number of rotatable bonds is 7. The number of nitrogens with zero attached hydrogens (tertiary/aromatic N) is 1. The Morgan fingerprint density at radius 3 is 2.68 bits per heavy atom. The fourth-order valence-electron chi connectivity index (χ4n) is 3.12. The Bertz CT molecular complexity index is 1030. The Morgan fingerprint density at radius 1 is 1.25 bits per heavy atom. The lowest BCUT2D eigenvalue weighted by Gasteiger charge is -2.08. The maximum atomic E-state index is 12.6. The molecule has 2 aromatic heterocycles. The summed E-state index contributed by atoms with van der Waals surface area (Å²) < 4.78 is 16.6. The summed E-state index contributed by atoms with van der Waals surface area (Å²) in [6, 6.07) is 10.2. The van der Waals surface area contributed by atoms with Gasteiger partial charge in [0, 0.05) is 12.0 Å². The predicted octanol–water partition coefficient (Wildman–Crippen LogP) is 5.21. The Labute approximate surface area is 164 Å². The summed E-state index contributed by atoms with van der Waals surface area (Å²) in [6.45, 7) is 5.71. The van der Waals surface area contributed by atoms with Crippen LogP contribution in [0.15, 0.2) is 55.8 Å². The van der Waals surface area contributed by atoms with Gasteiger partial charge in [0.1, 0.15) is 12.0 Å². The minimum atomic E-state index is -0.0770. The van der Waals surface area contributed by atoms with Crippen LogP contribution in [0.25, 0.3) is 17.5 Å². The molecule has 0 bridgehead atoms. The maximum absolute atomic E-state index is 12.6. The molecule has 1 aromatic carbocycles. The van der Waals surface area contributed by atoms with Crippen molar-refractivity contribution in [3.63, 3.8) is 0 Å². The van der Waals surface area contributed by atoms with E-state index < -0.39 is 0 Å². The van der Waals surface area contributed by atoms with Crippen molar-refractivity contribution in [3.05, 3.63) is 75.0 Å². The van der Waals surface area contributed by atoms with E-state index in [-0.39, 0.29) is 11.4 Å². The van der Waals surface area contributed by atoms with Crippen molar-refractivity contribution in [1.29, 1.82) is 0 Å². The minimum absolute atomic E-state index is 0.0770. The fourth-order valence-corrected chi connectivity index (χ4v) is 3.12. The van der Waals surface area contributed by atoms with E-state index in [1.807, 2.05) is 25.1 Å². The van der Waals surface area contributed by atoms with Gasteiger partial charge in [-0.25, -0.2) is 4.98 Å². The predicted molar refractivity (Wildman–Crippen MR) is 110 cm³/mol. The standard InChI is InChI=1S/C23H25NO4/c1-5-18-21(25)16(3)23(26-4)28-22(18)19-14-27-20(24-19)12-11-15(2)13-17-9-7-6-8-10-17/h6-10,13-14H,5,11-12H2,1-4H3/b15-13+. The van der Waals surface area contributed by atoms with Crippen LogP contribution in [0, 0.1) is 6.92 Å². The smallest absolute Gasteiger partial charge is 0.291 e. The van der Waals surface area contributed by atoms with Crippen molar-refractivity contribution in [2.24, 2.45) is 0 Å². The van der Waals surface area contributed by atoms with E-state index in [0.29, 0.717) is 41.3 Å². The van der Waals surface area contributed by atoms with E-state index in [0.717, 1.165) is 6.42 Å². The first-order valence-corrected chi connectivity index (χ1v) is 9.41. The van der Waals surface area contributed by atoms with Gasteiger partial charge in [-0.15, -0.1) is 0 Å². The zero-order chi connectivity index (χ0) is 20.1. The van der Waals surface area contributed by atoms with Crippen LogP contribution < -0.4 is 10.2 Å². The second-order valence-electron chi connectivity index (χ2n) is 6.74. The monoisotopic (exact) mass is 379 g/mol. The molecule has 0 fully saturated rings. The molecule has 0 aliphatic rings. The number of aryl methyl sites for hydroxylation is 1. The number of hydrogen-bond acceptors (Lipinski definition) is 5. The lowest BCUT2D eigenvalue weighted by molar-refractivity contribution is 0.295. The zero-order valence-corrected chi connectivity index (χ0v) is 16.7. The molecule has 5 heteroatoms. The Balaban J connectivity index is 1.80. The number of hydrogen-bond donors (Lipinski definition) is 0. The van der Waals surface area contributed by atoms with Crippen LogP contribution >= 0.6 is 0 Å². The van der Waals surface area contributed by atoms with E-state index in [1.54, 1.807) is 6.92 Å². The van der Waals surface area contributed by atoms with E-state index in [4.69, 9.17) is 13.6 Å². The molecule has 0 spiro atoms. The summed E-state index contributed by atoms with van der Waals surface area (Å²) in [4.78, 5) is 17.1. The van der Waals surface area contributed by atoms with Crippen LogP contribution in [0.4, 0.5) is 0 Å². The molecular formula is C23H25NO4. The van der Waals surface area contributed by atoms with Crippen molar-refractivity contribution in [2.75, 3.05) is 7.11 Å². The highest BCUT2D eigenvalue weighted by atomic mass is 16.6. The molecular weight excluding hydrogens is 354 g/mol. The Morgan fingerprint density at radius 2 is 2.00 bits per heavy atom. The molecule has 28 heavy (non-hydrogen) atoms. The van der Waals surface area contributed by atoms with E-state index in [1.165, 1.54) is 24.5 Å². The number of benzene rings is 1. The van der Waals surface area contributed by atoms with Gasteiger partial charge in [0.25, 0.3) is 5.95 Å². The molecule has 5 nitrogen and oxygen atoms in total. The molecule has 0 saturated heterocycles. The van der Waals surface area contributed by atoms with Gasteiger partial charge in [0.15, 0.2) is 17.1 Å². The molecule has 0 N–H and O–H groups in total. The first-order chi connectivity index (χ1) is 13.5. The summed E-state index contributed by atoms with van der Waals surface area (Å²) in [5.74, 6) is 1.24. The second kappa shape index (κ2) is 8.74. The van der Waals surface area contributed by atoms with Crippen LogP contribution in [-0.4, -0.2) is 12.1 Å². The molecule has 0 unspecified atom stereocenters. The van der Waals surface area contributed by atoms with Gasteiger partial charge >= 0.3 is 0 Å². The quantitative estimate of drug-likeness (QED) is 0.564. The summed E-state index contributed by atoms with van der Waals surface area (Å²) in [5, 5.41) is 0. The SMILES string of the molecule is CCc1c(-c2coc(CC/C(C)=C/c3ccccc3)n2)oc(OC)c(C)c1=O. The lowest BCUT2D eigenvalue weighted by atomic mass is 10.1. The van der Waals surface area contributed by atoms with Gasteiger partial charge < -0.3 is 13.6 Å². The number of ether oxygens (including phenoxy) is 1. The third kappa shape index (κ3) is 4.25. The summed E-state index contributed by atoms with van der Waals surface area (Å²) in [5.41, 5.74) is 3.91. The number of oxazole rings is 1. The topological polar surface area (TPSA) is 65.5 Å². The highest BCUT2D eigenvalue weighted by Crippen LogP contribution is 2.28. The van der Waals surface area contributed by atoms with Crippen molar-refractivity contribution in [3.8, 4) is 17.4 Å². The van der Waals surface area contributed by atoms with Crippen molar-refractivity contribution in [2.45, 2.75) is 40.0 Å². The van der Waals surface area contributed by atoms with Gasteiger partial charge in [-0.05, 0) is 32.3 Å². The third-order valence-electron chi connectivity index (χ3n) is 4.66. The molecule has 0 saturated carbocycles. The molecule has 3 rings (SSSR count). The Hall–Kier alpha value is -3.08. The molecule has 0 aliphatic heterocycles. The van der Waals surface area contributed by atoms with Gasteiger partial charge in [-0.1, -0.05) is 48.9 Å².